The van der Waals surface area contributed by atoms with Gasteiger partial charge in [-0.3, -0.25) is 5.10 Å². The lowest BCUT2D eigenvalue weighted by molar-refractivity contribution is 0.585. The van der Waals surface area contributed by atoms with E-state index in [1.807, 2.05) is 0 Å². The van der Waals surface area contributed by atoms with Gasteiger partial charge in [-0.1, -0.05) is 6.92 Å². The predicted octanol–water partition coefficient (Wildman–Crippen LogP) is 2.85. The van der Waals surface area contributed by atoms with Crippen LogP contribution in [0.5, 0.6) is 0 Å². The molecular weight excluding hydrogens is 236 g/mol. The lowest BCUT2D eigenvalue weighted by Gasteiger charge is -2.05. The fourth-order valence-corrected chi connectivity index (χ4v) is 1.77. The normalized spacial score (nSPS) is 10.8. The number of nitrogens with one attached hydrogen (secondary N) is 2. The van der Waals surface area contributed by atoms with Gasteiger partial charge in [0.05, 0.1) is 11.9 Å². The van der Waals surface area contributed by atoms with Gasteiger partial charge < -0.3 is 5.32 Å². The average Bonchev–Trinajstić information content (AvgIpc) is 2.78. The fourth-order valence-electron chi connectivity index (χ4n) is 1.77. The molecule has 96 valence electrons. The molecule has 0 aliphatic heterocycles. The van der Waals surface area contributed by atoms with Crippen LogP contribution >= 0.6 is 0 Å². The van der Waals surface area contributed by atoms with Gasteiger partial charge in [0.2, 0.25) is 0 Å². The fraction of sp³-hybridized carbons (Fsp3) is 0.308. The number of rotatable bonds is 5. The number of aromatic nitrogens is 2. The first-order valence-electron chi connectivity index (χ1n) is 5.90. The third-order valence-electron chi connectivity index (χ3n) is 2.66. The number of halogens is 2. The van der Waals surface area contributed by atoms with E-state index in [4.69, 9.17) is 0 Å². The summed E-state index contributed by atoms with van der Waals surface area (Å²) in [6, 6.07) is 3.53. The van der Waals surface area contributed by atoms with E-state index in [0.717, 1.165) is 24.6 Å². The molecule has 1 aromatic carbocycles. The molecule has 5 heteroatoms. The van der Waals surface area contributed by atoms with Crippen molar-refractivity contribution in [3.63, 3.8) is 0 Å². The van der Waals surface area contributed by atoms with E-state index in [1.165, 1.54) is 12.1 Å². The van der Waals surface area contributed by atoms with E-state index in [0.29, 0.717) is 17.8 Å². The van der Waals surface area contributed by atoms with E-state index >= 15 is 0 Å². The van der Waals surface area contributed by atoms with Gasteiger partial charge in [-0.05, 0) is 25.1 Å². The molecule has 0 unspecified atom stereocenters. The molecule has 0 aliphatic carbocycles. The Morgan fingerprint density at radius 1 is 1.33 bits per heavy atom. The van der Waals surface area contributed by atoms with Crippen molar-refractivity contribution < 1.29 is 8.78 Å². The lowest BCUT2D eigenvalue weighted by atomic mass is 10.1. The van der Waals surface area contributed by atoms with E-state index in [2.05, 4.69) is 22.4 Å². The highest BCUT2D eigenvalue weighted by atomic mass is 19.1. The molecule has 3 nitrogen and oxygen atoms in total. The summed E-state index contributed by atoms with van der Waals surface area (Å²) in [5.41, 5.74) is 1.80. The first kappa shape index (κ1) is 12.7. The molecule has 2 N–H and O–H groups in total. The summed E-state index contributed by atoms with van der Waals surface area (Å²) >= 11 is 0. The van der Waals surface area contributed by atoms with Crippen LogP contribution in [0.15, 0.2) is 24.4 Å². The van der Waals surface area contributed by atoms with Crippen molar-refractivity contribution in [3.05, 3.63) is 41.6 Å². The zero-order chi connectivity index (χ0) is 13.0. The predicted molar refractivity (Wildman–Crippen MR) is 65.9 cm³/mol. The first-order valence-corrected chi connectivity index (χ1v) is 5.90. The maximum atomic E-state index is 13.7. The molecule has 0 fully saturated rings. The monoisotopic (exact) mass is 251 g/mol. The van der Waals surface area contributed by atoms with Crippen molar-refractivity contribution in [3.8, 4) is 11.3 Å². The summed E-state index contributed by atoms with van der Waals surface area (Å²) in [6.45, 7) is 3.57. The van der Waals surface area contributed by atoms with Crippen LogP contribution in [0.4, 0.5) is 8.78 Å². The Labute approximate surface area is 104 Å². The Hall–Kier alpha value is -1.75. The molecule has 0 saturated carbocycles. The van der Waals surface area contributed by atoms with Crippen molar-refractivity contribution in [2.24, 2.45) is 0 Å². The van der Waals surface area contributed by atoms with Crippen LogP contribution in [0, 0.1) is 11.6 Å². The Balaban J connectivity index is 2.25. The summed E-state index contributed by atoms with van der Waals surface area (Å²) in [7, 11) is 0. The van der Waals surface area contributed by atoms with Gasteiger partial charge in [-0.25, -0.2) is 8.78 Å². The second kappa shape index (κ2) is 5.73. The molecule has 1 aromatic heterocycles. The van der Waals surface area contributed by atoms with Crippen LogP contribution in [0.1, 0.15) is 18.9 Å². The summed E-state index contributed by atoms with van der Waals surface area (Å²) < 4.78 is 26.5. The lowest BCUT2D eigenvalue weighted by Crippen LogP contribution is -2.13. The first-order chi connectivity index (χ1) is 8.72. The second-order valence-corrected chi connectivity index (χ2v) is 4.07. The van der Waals surface area contributed by atoms with Crippen LogP contribution in [-0.4, -0.2) is 16.7 Å². The van der Waals surface area contributed by atoms with Crippen LogP contribution in [-0.2, 0) is 6.54 Å². The minimum Gasteiger partial charge on any atom is -0.313 e. The van der Waals surface area contributed by atoms with Crippen LogP contribution in [0.3, 0.4) is 0 Å². The number of aromatic amines is 1. The molecule has 0 spiro atoms. The molecule has 0 saturated heterocycles. The highest BCUT2D eigenvalue weighted by molar-refractivity contribution is 5.63. The molecule has 2 rings (SSSR count). The van der Waals surface area contributed by atoms with E-state index in [-0.39, 0.29) is 0 Å². The van der Waals surface area contributed by atoms with Gasteiger partial charge in [0.1, 0.15) is 11.6 Å². The summed E-state index contributed by atoms with van der Waals surface area (Å²) in [4.78, 5) is 0. The maximum absolute atomic E-state index is 13.7. The van der Waals surface area contributed by atoms with Crippen LogP contribution in [0.2, 0.25) is 0 Å². The number of benzene rings is 1. The second-order valence-electron chi connectivity index (χ2n) is 4.07. The zero-order valence-electron chi connectivity index (χ0n) is 10.1. The molecule has 0 amide bonds. The molecule has 0 aliphatic rings. The molecule has 18 heavy (non-hydrogen) atoms. The largest absolute Gasteiger partial charge is 0.313 e. The average molecular weight is 251 g/mol. The van der Waals surface area contributed by atoms with Crippen molar-refractivity contribution in [1.82, 2.24) is 15.5 Å². The standard InChI is InChI=1S/C13H15F2N3/c1-2-5-16-7-9-8-17-18-13(9)11-4-3-10(14)6-12(11)15/h3-4,6,8,16H,2,5,7H2,1H3,(H,17,18). The van der Waals surface area contributed by atoms with E-state index in [9.17, 15) is 8.78 Å². The summed E-state index contributed by atoms with van der Waals surface area (Å²) in [5, 5.41) is 9.89. The Morgan fingerprint density at radius 2 is 2.17 bits per heavy atom. The topological polar surface area (TPSA) is 40.7 Å². The maximum Gasteiger partial charge on any atom is 0.135 e. The van der Waals surface area contributed by atoms with E-state index < -0.39 is 11.6 Å². The summed E-state index contributed by atoms with van der Waals surface area (Å²) in [6.07, 6.45) is 2.68. The third kappa shape index (κ3) is 2.73. The molecule has 2 aromatic rings. The zero-order valence-corrected chi connectivity index (χ0v) is 10.1. The highest BCUT2D eigenvalue weighted by Crippen LogP contribution is 2.24. The molecule has 0 radical (unpaired) electrons. The van der Waals surface area contributed by atoms with Crippen LogP contribution < -0.4 is 5.32 Å². The van der Waals surface area contributed by atoms with Gasteiger partial charge in [0.25, 0.3) is 0 Å². The van der Waals surface area contributed by atoms with E-state index in [1.54, 1.807) is 6.20 Å². The van der Waals surface area contributed by atoms with Crippen molar-refractivity contribution in [2.45, 2.75) is 19.9 Å². The number of hydrogen-bond donors (Lipinski definition) is 2. The van der Waals surface area contributed by atoms with Gasteiger partial charge in [-0.2, -0.15) is 5.10 Å². The number of hydrogen-bond acceptors (Lipinski definition) is 2. The van der Waals surface area contributed by atoms with Crippen LogP contribution in [0.25, 0.3) is 11.3 Å². The van der Waals surface area contributed by atoms with Gasteiger partial charge in [0.15, 0.2) is 0 Å². The van der Waals surface area contributed by atoms with Crippen molar-refractivity contribution in [2.75, 3.05) is 6.54 Å². The third-order valence-corrected chi connectivity index (χ3v) is 2.66. The minimum absolute atomic E-state index is 0.335. The smallest absolute Gasteiger partial charge is 0.135 e. The summed E-state index contributed by atoms with van der Waals surface area (Å²) in [5.74, 6) is -1.17. The SMILES string of the molecule is CCCNCc1cn[nH]c1-c1ccc(F)cc1F. The highest BCUT2D eigenvalue weighted by Gasteiger charge is 2.12. The Kier molecular flexibility index (Phi) is 4.04. The Bertz CT molecular complexity index is 523. The molecule has 1 heterocycles. The minimum atomic E-state index is -0.587. The Morgan fingerprint density at radius 3 is 2.89 bits per heavy atom. The van der Waals surface area contributed by atoms with Crippen molar-refractivity contribution >= 4 is 0 Å². The van der Waals surface area contributed by atoms with Crippen molar-refractivity contribution in [1.29, 1.82) is 0 Å². The number of nitrogens with zero attached hydrogens (tertiary/aromatic N) is 1. The quantitative estimate of drug-likeness (QED) is 0.802. The van der Waals surface area contributed by atoms with Gasteiger partial charge in [-0.15, -0.1) is 0 Å². The molecule has 0 bridgehead atoms. The number of H-pyrrole nitrogens is 1. The molecule has 0 atom stereocenters. The van der Waals surface area contributed by atoms with Gasteiger partial charge in [0, 0.05) is 23.7 Å². The van der Waals surface area contributed by atoms with Gasteiger partial charge >= 0.3 is 0 Å². The molecular formula is C13H15F2N3.